The van der Waals surface area contributed by atoms with Gasteiger partial charge in [0.15, 0.2) is 5.90 Å². The lowest BCUT2D eigenvalue weighted by molar-refractivity contribution is 0.236. The van der Waals surface area contributed by atoms with Gasteiger partial charge in [0.1, 0.15) is 12.1 Å². The van der Waals surface area contributed by atoms with Gasteiger partial charge in [0, 0.05) is 13.3 Å². The Morgan fingerprint density at radius 3 is 2.67 bits per heavy atom. The van der Waals surface area contributed by atoms with Crippen molar-refractivity contribution in [3.8, 4) is 11.1 Å². The van der Waals surface area contributed by atoms with Crippen LogP contribution in [0.3, 0.4) is 0 Å². The number of ether oxygens (including phenoxy) is 1. The molecular formula is C19H19NO. The van der Waals surface area contributed by atoms with Crippen LogP contribution in [0.1, 0.15) is 24.5 Å². The number of rotatable bonds is 1. The molecule has 2 aromatic rings. The topological polar surface area (TPSA) is 21.6 Å². The summed E-state index contributed by atoms with van der Waals surface area (Å²) in [6, 6.07) is 17.3. The molecule has 106 valence electrons. The molecule has 0 unspecified atom stereocenters. The van der Waals surface area contributed by atoms with Crippen LogP contribution in [0.5, 0.6) is 0 Å². The zero-order valence-electron chi connectivity index (χ0n) is 12.3. The van der Waals surface area contributed by atoms with E-state index in [9.17, 15) is 0 Å². The van der Waals surface area contributed by atoms with Crippen molar-refractivity contribution >= 4 is 5.90 Å². The van der Waals surface area contributed by atoms with Gasteiger partial charge in [-0.1, -0.05) is 48.5 Å². The first-order valence-corrected chi connectivity index (χ1v) is 7.61. The predicted molar refractivity (Wildman–Crippen MR) is 85.7 cm³/mol. The molecule has 2 nitrogen and oxygen atoms in total. The van der Waals surface area contributed by atoms with Gasteiger partial charge in [0.2, 0.25) is 0 Å². The minimum Gasteiger partial charge on any atom is -0.479 e. The first kappa shape index (κ1) is 12.6. The second-order valence-electron chi connectivity index (χ2n) is 6.13. The molecule has 21 heavy (non-hydrogen) atoms. The zero-order chi connectivity index (χ0) is 14.3. The summed E-state index contributed by atoms with van der Waals surface area (Å²) < 4.78 is 5.63. The fourth-order valence-electron chi connectivity index (χ4n) is 3.64. The Balaban J connectivity index is 1.75. The molecule has 2 aliphatic rings. The first-order valence-electron chi connectivity index (χ1n) is 7.61. The Bertz CT molecular complexity index is 705. The molecule has 4 rings (SSSR count). The number of hydrogen-bond donors (Lipinski definition) is 0. The van der Waals surface area contributed by atoms with Crippen LogP contribution in [0, 0.1) is 0 Å². The van der Waals surface area contributed by atoms with E-state index in [1.807, 2.05) is 6.92 Å². The van der Waals surface area contributed by atoms with Crippen LogP contribution in [0.25, 0.3) is 11.1 Å². The maximum Gasteiger partial charge on any atom is 0.180 e. The average Bonchev–Trinajstić information content (AvgIpc) is 2.88. The van der Waals surface area contributed by atoms with Crippen LogP contribution in [0.2, 0.25) is 0 Å². The molecule has 0 radical (unpaired) electrons. The lowest BCUT2D eigenvalue weighted by Gasteiger charge is -2.31. The van der Waals surface area contributed by atoms with Gasteiger partial charge in [-0.25, -0.2) is 4.99 Å². The van der Waals surface area contributed by atoms with Gasteiger partial charge in [-0.2, -0.15) is 0 Å². The van der Waals surface area contributed by atoms with E-state index in [4.69, 9.17) is 9.73 Å². The molecule has 1 atom stereocenters. The Morgan fingerprint density at radius 2 is 1.90 bits per heavy atom. The summed E-state index contributed by atoms with van der Waals surface area (Å²) in [7, 11) is 0. The molecule has 0 saturated carbocycles. The van der Waals surface area contributed by atoms with Crippen molar-refractivity contribution in [3.63, 3.8) is 0 Å². The van der Waals surface area contributed by atoms with Crippen molar-refractivity contribution in [1.29, 1.82) is 0 Å². The fourth-order valence-corrected chi connectivity index (χ4v) is 3.64. The Morgan fingerprint density at radius 1 is 1.05 bits per heavy atom. The summed E-state index contributed by atoms with van der Waals surface area (Å²) in [5, 5.41) is 0. The molecule has 0 fully saturated rings. The summed E-state index contributed by atoms with van der Waals surface area (Å²) in [5.41, 5.74) is 5.61. The normalized spacial score (nSPS) is 23.6. The summed E-state index contributed by atoms with van der Waals surface area (Å²) in [4.78, 5) is 4.78. The van der Waals surface area contributed by atoms with Crippen LogP contribution < -0.4 is 0 Å². The number of benzene rings is 2. The van der Waals surface area contributed by atoms with Gasteiger partial charge in [0.05, 0.1) is 0 Å². The Labute approximate surface area is 125 Å². The van der Waals surface area contributed by atoms with Crippen molar-refractivity contribution in [2.24, 2.45) is 4.99 Å². The van der Waals surface area contributed by atoms with E-state index in [1.54, 1.807) is 0 Å². The third-order valence-corrected chi connectivity index (χ3v) is 4.66. The molecule has 1 aliphatic carbocycles. The van der Waals surface area contributed by atoms with E-state index in [0.29, 0.717) is 0 Å². The SMILES string of the molecule is CC1=N[C@]2(CCc3c(cccc3-c3ccccc3)C2)CO1. The van der Waals surface area contributed by atoms with Gasteiger partial charge < -0.3 is 4.74 Å². The molecule has 0 amide bonds. The fraction of sp³-hybridized carbons (Fsp3) is 0.316. The highest BCUT2D eigenvalue weighted by Gasteiger charge is 2.39. The highest BCUT2D eigenvalue weighted by Crippen LogP contribution is 2.38. The van der Waals surface area contributed by atoms with Crippen LogP contribution in [0.4, 0.5) is 0 Å². The summed E-state index contributed by atoms with van der Waals surface area (Å²) in [6.07, 6.45) is 3.17. The van der Waals surface area contributed by atoms with Crippen molar-refractivity contribution in [3.05, 3.63) is 59.7 Å². The standard InChI is InChI=1S/C19H19NO/c1-14-20-19(13-21-14)11-10-18-16(12-19)8-5-9-17(18)15-6-3-2-4-7-15/h2-9H,10-13H2,1H3/t19-/m0/s1. The molecule has 0 N–H and O–H groups in total. The largest absolute Gasteiger partial charge is 0.479 e. The molecule has 0 bridgehead atoms. The van der Waals surface area contributed by atoms with Gasteiger partial charge in [-0.3, -0.25) is 0 Å². The quantitative estimate of drug-likeness (QED) is 0.771. The third kappa shape index (κ3) is 2.15. The van der Waals surface area contributed by atoms with Crippen molar-refractivity contribution in [1.82, 2.24) is 0 Å². The van der Waals surface area contributed by atoms with E-state index in [2.05, 4.69) is 48.5 Å². The maximum atomic E-state index is 5.63. The van der Waals surface area contributed by atoms with E-state index in [0.717, 1.165) is 31.8 Å². The zero-order valence-corrected chi connectivity index (χ0v) is 12.3. The number of aliphatic imine (C=N–C) groups is 1. The molecule has 1 aliphatic heterocycles. The van der Waals surface area contributed by atoms with E-state index >= 15 is 0 Å². The second kappa shape index (κ2) is 4.73. The number of fused-ring (bicyclic) bond motifs is 1. The predicted octanol–water partition coefficient (Wildman–Crippen LogP) is 4.03. The highest BCUT2D eigenvalue weighted by atomic mass is 16.5. The maximum absolute atomic E-state index is 5.63. The van der Waals surface area contributed by atoms with E-state index < -0.39 is 0 Å². The van der Waals surface area contributed by atoms with Gasteiger partial charge in [-0.05, 0) is 35.1 Å². The third-order valence-electron chi connectivity index (χ3n) is 4.66. The summed E-state index contributed by atoms with van der Waals surface area (Å²) in [5.74, 6) is 0.845. The van der Waals surface area contributed by atoms with Crippen LogP contribution in [0.15, 0.2) is 53.5 Å². The van der Waals surface area contributed by atoms with E-state index in [1.165, 1.54) is 22.3 Å². The lowest BCUT2D eigenvalue weighted by Crippen LogP contribution is -2.35. The minimum atomic E-state index is -0.00755. The average molecular weight is 277 g/mol. The molecular weight excluding hydrogens is 258 g/mol. The minimum absolute atomic E-state index is 0.00755. The number of nitrogens with zero attached hydrogens (tertiary/aromatic N) is 1. The smallest absolute Gasteiger partial charge is 0.180 e. The summed E-state index contributed by atoms with van der Waals surface area (Å²) in [6.45, 7) is 2.71. The van der Waals surface area contributed by atoms with Gasteiger partial charge in [-0.15, -0.1) is 0 Å². The summed E-state index contributed by atoms with van der Waals surface area (Å²) >= 11 is 0. The van der Waals surface area contributed by atoms with Gasteiger partial charge >= 0.3 is 0 Å². The Kier molecular flexibility index (Phi) is 2.85. The first-order chi connectivity index (χ1) is 10.3. The van der Waals surface area contributed by atoms with Crippen LogP contribution in [-0.2, 0) is 17.6 Å². The van der Waals surface area contributed by atoms with E-state index in [-0.39, 0.29) is 5.54 Å². The second-order valence-corrected chi connectivity index (χ2v) is 6.13. The lowest BCUT2D eigenvalue weighted by atomic mass is 9.76. The van der Waals surface area contributed by atoms with Crippen LogP contribution in [-0.4, -0.2) is 18.0 Å². The number of hydrogen-bond acceptors (Lipinski definition) is 2. The molecule has 1 heterocycles. The molecule has 1 spiro atoms. The molecule has 2 aromatic carbocycles. The van der Waals surface area contributed by atoms with Crippen molar-refractivity contribution in [2.75, 3.05) is 6.61 Å². The molecule has 2 heteroatoms. The van der Waals surface area contributed by atoms with Crippen LogP contribution >= 0.6 is 0 Å². The Hall–Kier alpha value is -2.09. The van der Waals surface area contributed by atoms with Crippen molar-refractivity contribution < 1.29 is 4.74 Å². The molecule has 0 saturated heterocycles. The monoisotopic (exact) mass is 277 g/mol. The highest BCUT2D eigenvalue weighted by molar-refractivity contribution is 5.76. The van der Waals surface area contributed by atoms with Gasteiger partial charge in [0.25, 0.3) is 0 Å². The van der Waals surface area contributed by atoms with Crippen molar-refractivity contribution in [2.45, 2.75) is 31.7 Å². The molecule has 0 aromatic heterocycles.